The summed E-state index contributed by atoms with van der Waals surface area (Å²) in [6.45, 7) is 0. The molecule has 1 amide bonds. The summed E-state index contributed by atoms with van der Waals surface area (Å²) in [5, 5.41) is 9.30. The maximum absolute atomic E-state index is 12.0. The molecule has 0 bridgehead atoms. The van der Waals surface area contributed by atoms with Gasteiger partial charge in [0, 0.05) is 6.42 Å². The molecule has 1 heterocycles. The van der Waals surface area contributed by atoms with E-state index in [4.69, 9.17) is 5.26 Å². The second-order valence-corrected chi connectivity index (χ2v) is 7.77. The van der Waals surface area contributed by atoms with Crippen molar-refractivity contribution >= 4 is 27.7 Å². The van der Waals surface area contributed by atoms with E-state index < -0.39 is 21.5 Å². The average Bonchev–Trinajstić information content (AvgIpc) is 2.52. The van der Waals surface area contributed by atoms with Crippen LogP contribution in [0, 0.1) is 11.3 Å². The molecule has 0 fully saturated rings. The molecule has 130 valence electrons. The molecule has 0 unspecified atom stereocenters. The molecule has 2 N–H and O–H groups in total. The molecule has 1 aromatic heterocycles. The van der Waals surface area contributed by atoms with E-state index in [9.17, 15) is 18.0 Å². The largest absolute Gasteiger partial charge is 0.300 e. The first-order valence-electron chi connectivity index (χ1n) is 6.99. The van der Waals surface area contributed by atoms with Gasteiger partial charge in [0.1, 0.15) is 11.6 Å². The number of hydrogen-bond donors (Lipinski definition) is 2. The molecular weight excluding hydrogens is 364 g/mol. The number of benzene rings is 1. The summed E-state index contributed by atoms with van der Waals surface area (Å²) >= 11 is 0.875. The van der Waals surface area contributed by atoms with Gasteiger partial charge in [-0.25, -0.2) is 13.4 Å². The number of aromatic amines is 1. The van der Waals surface area contributed by atoms with E-state index in [2.05, 4.69) is 9.97 Å². The van der Waals surface area contributed by atoms with Gasteiger partial charge in [0.25, 0.3) is 5.56 Å². The van der Waals surface area contributed by atoms with Gasteiger partial charge in [-0.1, -0.05) is 42.1 Å². The quantitative estimate of drug-likeness (QED) is 0.549. The van der Waals surface area contributed by atoms with Crippen LogP contribution in [0.1, 0.15) is 16.8 Å². The van der Waals surface area contributed by atoms with Gasteiger partial charge in [-0.05, 0) is 5.56 Å². The van der Waals surface area contributed by atoms with Gasteiger partial charge in [0.15, 0.2) is 5.16 Å². The summed E-state index contributed by atoms with van der Waals surface area (Å²) in [6, 6.07) is 11.0. The van der Waals surface area contributed by atoms with Gasteiger partial charge in [0.2, 0.25) is 15.9 Å². The van der Waals surface area contributed by atoms with Gasteiger partial charge < -0.3 is 4.98 Å². The maximum atomic E-state index is 12.0. The number of rotatable bonds is 6. The Labute approximate surface area is 148 Å². The second kappa shape index (κ2) is 7.96. The van der Waals surface area contributed by atoms with Crippen LogP contribution in [-0.4, -0.2) is 36.3 Å². The number of nitrogens with zero attached hydrogens (tertiary/aromatic N) is 2. The monoisotopic (exact) mass is 378 g/mol. The van der Waals surface area contributed by atoms with Crippen LogP contribution in [0.2, 0.25) is 0 Å². The molecule has 0 radical (unpaired) electrons. The summed E-state index contributed by atoms with van der Waals surface area (Å²) < 4.78 is 23.8. The van der Waals surface area contributed by atoms with Crippen molar-refractivity contribution < 1.29 is 13.2 Å². The van der Waals surface area contributed by atoms with E-state index in [0.29, 0.717) is 5.69 Å². The van der Waals surface area contributed by atoms with Crippen LogP contribution >= 0.6 is 11.8 Å². The van der Waals surface area contributed by atoms with Crippen molar-refractivity contribution in [3.05, 3.63) is 57.5 Å². The Balaban J connectivity index is 2.22. The number of nitriles is 1. The lowest BCUT2D eigenvalue weighted by Crippen LogP contribution is -2.30. The molecule has 2 rings (SSSR count). The number of sulfonamides is 1. The predicted octanol–water partition coefficient (Wildman–Crippen LogP) is 0.400. The van der Waals surface area contributed by atoms with Gasteiger partial charge >= 0.3 is 0 Å². The number of nitrogens with one attached hydrogen (secondary N) is 2. The van der Waals surface area contributed by atoms with Crippen molar-refractivity contribution in [3.8, 4) is 6.07 Å². The fourth-order valence-corrected chi connectivity index (χ4v) is 3.22. The highest BCUT2D eigenvalue weighted by Gasteiger charge is 2.14. The van der Waals surface area contributed by atoms with Crippen LogP contribution in [0.15, 0.2) is 40.3 Å². The zero-order valence-electron chi connectivity index (χ0n) is 13.1. The van der Waals surface area contributed by atoms with Crippen LogP contribution < -0.4 is 10.3 Å². The van der Waals surface area contributed by atoms with E-state index in [1.807, 2.05) is 41.1 Å². The minimum absolute atomic E-state index is 0.0891. The van der Waals surface area contributed by atoms with Crippen LogP contribution in [0.3, 0.4) is 0 Å². The van der Waals surface area contributed by atoms with Gasteiger partial charge in [-0.15, -0.1) is 0 Å². The second-order valence-electron chi connectivity index (χ2n) is 5.05. The normalized spacial score (nSPS) is 10.9. The molecule has 0 saturated heterocycles. The lowest BCUT2D eigenvalue weighted by Gasteiger charge is -2.06. The van der Waals surface area contributed by atoms with E-state index in [1.165, 1.54) is 0 Å². The molecule has 1 aromatic carbocycles. The van der Waals surface area contributed by atoms with Gasteiger partial charge in [0.05, 0.1) is 17.7 Å². The average molecular weight is 378 g/mol. The summed E-state index contributed by atoms with van der Waals surface area (Å²) in [5.41, 5.74) is 0.481. The Morgan fingerprint density at radius 1 is 1.36 bits per heavy atom. The maximum Gasteiger partial charge on any atom is 0.269 e. The summed E-state index contributed by atoms with van der Waals surface area (Å²) in [7, 11) is -3.64. The number of carbonyl (C=O) groups is 1. The van der Waals surface area contributed by atoms with Crippen molar-refractivity contribution in [2.45, 2.75) is 11.6 Å². The standard InChI is InChI=1S/C15H14N4O4S2/c1-25(22,23)19-13(20)9-24-15-17-12(11(8-16)14(21)18-15)7-10-5-3-2-4-6-10/h2-6H,7,9H2,1H3,(H,19,20)(H,17,18,21). The van der Waals surface area contributed by atoms with Gasteiger partial charge in [-0.2, -0.15) is 5.26 Å². The van der Waals surface area contributed by atoms with Crippen LogP contribution in [-0.2, 0) is 21.2 Å². The van der Waals surface area contributed by atoms with Crippen molar-refractivity contribution in [1.29, 1.82) is 5.26 Å². The Hall–Kier alpha value is -2.64. The predicted molar refractivity (Wildman–Crippen MR) is 92.5 cm³/mol. The van der Waals surface area contributed by atoms with Crippen LogP contribution in [0.4, 0.5) is 0 Å². The Bertz CT molecular complexity index is 979. The molecule has 25 heavy (non-hydrogen) atoms. The minimum atomic E-state index is -3.64. The zero-order chi connectivity index (χ0) is 18.4. The highest BCUT2D eigenvalue weighted by Crippen LogP contribution is 2.15. The third kappa shape index (κ3) is 5.74. The molecule has 2 aromatic rings. The number of hydrogen-bond acceptors (Lipinski definition) is 7. The number of amides is 1. The topological polar surface area (TPSA) is 133 Å². The van der Waals surface area contributed by atoms with E-state index >= 15 is 0 Å². The highest BCUT2D eigenvalue weighted by atomic mass is 32.2. The number of aromatic nitrogens is 2. The molecule has 8 nitrogen and oxygen atoms in total. The lowest BCUT2D eigenvalue weighted by molar-refractivity contribution is -0.116. The van der Waals surface area contributed by atoms with E-state index in [-0.39, 0.29) is 22.9 Å². The molecule has 10 heteroatoms. The smallest absolute Gasteiger partial charge is 0.269 e. The van der Waals surface area contributed by atoms with Crippen LogP contribution in [0.25, 0.3) is 0 Å². The first kappa shape index (κ1) is 18.7. The molecule has 0 atom stereocenters. The first-order chi connectivity index (χ1) is 11.8. The zero-order valence-corrected chi connectivity index (χ0v) is 14.8. The van der Waals surface area contributed by atoms with Gasteiger partial charge in [-0.3, -0.25) is 14.3 Å². The minimum Gasteiger partial charge on any atom is -0.300 e. The number of carbonyl (C=O) groups excluding carboxylic acids is 1. The van der Waals surface area contributed by atoms with Crippen molar-refractivity contribution in [2.24, 2.45) is 0 Å². The summed E-state index contributed by atoms with van der Waals surface area (Å²) in [4.78, 5) is 30.2. The molecule has 0 aliphatic rings. The third-order valence-corrected chi connectivity index (χ3v) is 4.41. The molecular formula is C15H14N4O4S2. The molecule has 0 spiro atoms. The van der Waals surface area contributed by atoms with Crippen molar-refractivity contribution in [1.82, 2.24) is 14.7 Å². The molecule has 0 aliphatic heterocycles. The van der Waals surface area contributed by atoms with Crippen molar-refractivity contribution in [3.63, 3.8) is 0 Å². The number of H-pyrrole nitrogens is 1. The lowest BCUT2D eigenvalue weighted by atomic mass is 10.1. The van der Waals surface area contributed by atoms with Crippen molar-refractivity contribution in [2.75, 3.05) is 12.0 Å². The fourth-order valence-electron chi connectivity index (χ4n) is 1.97. The highest BCUT2D eigenvalue weighted by molar-refractivity contribution is 8.00. The summed E-state index contributed by atoms with van der Waals surface area (Å²) in [6.07, 6.45) is 1.16. The summed E-state index contributed by atoms with van der Waals surface area (Å²) in [5.74, 6) is -0.976. The SMILES string of the molecule is CS(=O)(=O)NC(=O)CSc1nc(Cc2ccccc2)c(C#N)c(=O)[nH]1. The third-order valence-electron chi connectivity index (χ3n) is 2.94. The number of thioether (sulfide) groups is 1. The Morgan fingerprint density at radius 2 is 2.04 bits per heavy atom. The molecule has 0 saturated carbocycles. The first-order valence-corrected chi connectivity index (χ1v) is 9.87. The molecule has 0 aliphatic carbocycles. The Kier molecular flexibility index (Phi) is 5.95. The van der Waals surface area contributed by atoms with Crippen LogP contribution in [0.5, 0.6) is 0 Å². The van der Waals surface area contributed by atoms with E-state index in [0.717, 1.165) is 23.6 Å². The fraction of sp³-hybridized carbons (Fsp3) is 0.200. The Morgan fingerprint density at radius 3 is 2.64 bits per heavy atom. The van der Waals surface area contributed by atoms with E-state index in [1.54, 1.807) is 0 Å².